The minimum atomic E-state index is -0.799. The van der Waals surface area contributed by atoms with E-state index in [0.29, 0.717) is 43.7 Å². The van der Waals surface area contributed by atoms with E-state index in [1.54, 1.807) is 23.1 Å². The first-order valence-corrected chi connectivity index (χ1v) is 25.6. The number of nitrogens with one attached hydrogen (secondary N) is 1. The third kappa shape index (κ3) is 10.2. The van der Waals surface area contributed by atoms with E-state index in [0.717, 1.165) is 74.8 Å². The molecule has 0 saturated carbocycles. The number of piperazine rings is 1. The van der Waals surface area contributed by atoms with Crippen molar-refractivity contribution >= 4 is 40.5 Å². The Kier molecular flexibility index (Phi) is 15.1. The fourth-order valence-corrected chi connectivity index (χ4v) is 11.1. The number of imide groups is 1. The number of benzene rings is 3. The topological polar surface area (TPSA) is 150 Å². The molecule has 0 radical (unpaired) electrons. The minimum Gasteiger partial charge on any atom is -0.493 e. The number of piperidine rings is 2. The molecule has 4 amide bonds. The number of carbonyl (C=O) groups is 4. The van der Waals surface area contributed by atoms with Crippen LogP contribution in [0.15, 0.2) is 65.5 Å². The molecule has 17 heteroatoms. The first-order valence-electron chi connectivity index (χ1n) is 25.6. The fourth-order valence-electron chi connectivity index (χ4n) is 11.1. The number of ether oxygens (including phenoxy) is 1. The number of likely N-dealkylation sites (tertiary alicyclic amines) is 1. The summed E-state index contributed by atoms with van der Waals surface area (Å²) in [7, 11) is 0. The van der Waals surface area contributed by atoms with Crippen LogP contribution in [-0.4, -0.2) is 111 Å². The van der Waals surface area contributed by atoms with Gasteiger partial charge < -0.3 is 24.3 Å². The lowest BCUT2D eigenvalue weighted by Crippen LogP contribution is -2.54. The van der Waals surface area contributed by atoms with Crippen LogP contribution in [0.1, 0.15) is 131 Å². The van der Waals surface area contributed by atoms with Gasteiger partial charge in [-0.25, -0.2) is 27.5 Å². The third-order valence-electron chi connectivity index (χ3n) is 14.9. The average molecular weight is 989 g/mol. The lowest BCUT2D eigenvalue weighted by Gasteiger charge is -2.40. The smallest absolute Gasteiger partial charge is 0.355 e. The van der Waals surface area contributed by atoms with E-state index in [9.17, 15) is 28.4 Å². The summed E-state index contributed by atoms with van der Waals surface area (Å²) in [4.78, 5) is 81.5. The number of anilines is 1. The van der Waals surface area contributed by atoms with Crippen molar-refractivity contribution in [2.75, 3.05) is 50.8 Å². The molecule has 3 aromatic carbocycles. The van der Waals surface area contributed by atoms with Crippen molar-refractivity contribution in [1.29, 1.82) is 0 Å². The average Bonchev–Trinajstić information content (AvgIpc) is 3.69. The quantitative estimate of drug-likeness (QED) is 0.0755. The van der Waals surface area contributed by atoms with Crippen molar-refractivity contribution < 1.29 is 37.1 Å². The van der Waals surface area contributed by atoms with Crippen molar-refractivity contribution in [3.8, 4) is 22.7 Å². The van der Waals surface area contributed by atoms with Crippen molar-refractivity contribution in [3.05, 3.63) is 111 Å². The van der Waals surface area contributed by atoms with Crippen molar-refractivity contribution in [2.24, 2.45) is 0 Å². The van der Waals surface area contributed by atoms with Crippen LogP contribution in [0.3, 0.4) is 0 Å². The Balaban J connectivity index is 0.824. The minimum absolute atomic E-state index is 0.0122. The molecule has 3 fully saturated rings. The third-order valence-corrected chi connectivity index (χ3v) is 14.9. The van der Waals surface area contributed by atoms with Gasteiger partial charge in [0.05, 0.1) is 23.2 Å². The predicted octanol–water partition coefficient (Wildman–Crippen LogP) is 8.41. The number of pyridine rings is 1. The monoisotopic (exact) mass is 988 g/mol. The molecule has 1 unspecified atom stereocenters. The number of fused-ring (bicyclic) bond motifs is 2. The number of carbonyl (C=O) groups excluding carboxylic acids is 4. The normalized spacial score (nSPS) is 18.9. The number of hydrogen-bond donors (Lipinski definition) is 1. The second-order valence-electron chi connectivity index (χ2n) is 20.0. The molecule has 4 aliphatic rings. The maximum absolute atomic E-state index is 16.7. The van der Waals surface area contributed by atoms with Crippen LogP contribution >= 0.6 is 0 Å². The zero-order chi connectivity index (χ0) is 50.8. The summed E-state index contributed by atoms with van der Waals surface area (Å²) in [5, 5.41) is 2.61. The number of rotatable bonds is 16. The molecule has 0 bridgehead atoms. The largest absolute Gasteiger partial charge is 0.493 e. The molecule has 14 nitrogen and oxygen atoms in total. The number of nitrogens with zero attached hydrogens (tertiary/aromatic N) is 7. The summed E-state index contributed by atoms with van der Waals surface area (Å²) in [5.74, 6) is -2.66. The lowest BCUT2D eigenvalue weighted by atomic mass is 9.85. The second-order valence-corrected chi connectivity index (χ2v) is 20.0. The van der Waals surface area contributed by atoms with Gasteiger partial charge in [0, 0.05) is 50.6 Å². The Bertz CT molecular complexity index is 2960. The highest BCUT2D eigenvalue weighted by Crippen LogP contribution is 2.40. The molecule has 0 spiro atoms. The van der Waals surface area contributed by atoms with Gasteiger partial charge in [-0.3, -0.25) is 24.5 Å². The summed E-state index contributed by atoms with van der Waals surface area (Å²) in [6.45, 7) is 12.1. The first kappa shape index (κ1) is 50.3. The summed E-state index contributed by atoms with van der Waals surface area (Å²) in [5.41, 5.74) is 2.40. The van der Waals surface area contributed by atoms with Crippen LogP contribution in [0.2, 0.25) is 0 Å². The van der Waals surface area contributed by atoms with E-state index in [2.05, 4.69) is 15.2 Å². The molecule has 9 rings (SSSR count). The van der Waals surface area contributed by atoms with Crippen LogP contribution < -0.4 is 20.6 Å². The van der Waals surface area contributed by atoms with Gasteiger partial charge in [0.25, 0.3) is 5.91 Å². The Morgan fingerprint density at radius 3 is 2.36 bits per heavy atom. The van der Waals surface area contributed by atoms with E-state index in [4.69, 9.17) is 9.72 Å². The number of halogens is 3. The summed E-state index contributed by atoms with van der Waals surface area (Å²) < 4.78 is 55.2. The Hall–Kier alpha value is -6.62. The van der Waals surface area contributed by atoms with Crippen LogP contribution in [-0.2, 0) is 20.9 Å². The second kappa shape index (κ2) is 21.6. The van der Waals surface area contributed by atoms with Gasteiger partial charge in [-0.15, -0.1) is 0 Å². The Morgan fingerprint density at radius 1 is 0.847 bits per heavy atom. The van der Waals surface area contributed by atoms with Gasteiger partial charge >= 0.3 is 5.69 Å². The molecule has 6 heterocycles. The summed E-state index contributed by atoms with van der Waals surface area (Å²) in [6.07, 6.45) is 6.93. The Morgan fingerprint density at radius 2 is 1.61 bits per heavy atom. The first-order chi connectivity index (χ1) is 34.7. The zero-order valence-electron chi connectivity index (χ0n) is 41.5. The van der Waals surface area contributed by atoms with Crippen molar-refractivity contribution in [3.63, 3.8) is 0 Å². The van der Waals surface area contributed by atoms with Gasteiger partial charge in [-0.05, 0) is 124 Å². The summed E-state index contributed by atoms with van der Waals surface area (Å²) >= 11 is 0. The SMILES string of the molecule is CCC(=O)N1CCN(c2nc(=O)n(-c3ccccc3C(C)C)c3nc(-c4c(F)cccc4OCCCCCCCN4CCC(c5cc(F)cc6c5CN(C5CCC(=O)NC5=O)C6=O)CC4)c(F)cc23)[C@@H](C)C1. The lowest BCUT2D eigenvalue weighted by molar-refractivity contribution is -0.137. The van der Waals surface area contributed by atoms with Crippen LogP contribution in [0.4, 0.5) is 19.0 Å². The molecule has 2 aromatic heterocycles. The van der Waals surface area contributed by atoms with Crippen molar-refractivity contribution in [2.45, 2.75) is 122 Å². The molecule has 3 saturated heterocycles. The molecular formula is C55H63F3N8O6. The summed E-state index contributed by atoms with van der Waals surface area (Å²) in [6, 6.07) is 14.9. The molecular weight excluding hydrogens is 926 g/mol. The van der Waals surface area contributed by atoms with E-state index < -0.39 is 35.1 Å². The van der Waals surface area contributed by atoms with E-state index in [-0.39, 0.29) is 95.5 Å². The van der Waals surface area contributed by atoms with E-state index >= 15 is 8.78 Å². The predicted molar refractivity (Wildman–Crippen MR) is 268 cm³/mol. The zero-order valence-corrected chi connectivity index (χ0v) is 41.5. The molecule has 72 heavy (non-hydrogen) atoms. The van der Waals surface area contributed by atoms with Gasteiger partial charge in [0.15, 0.2) is 11.5 Å². The fraction of sp³-hybridized carbons (Fsp3) is 0.473. The van der Waals surface area contributed by atoms with E-state index in [1.807, 2.05) is 50.8 Å². The highest BCUT2D eigenvalue weighted by atomic mass is 19.1. The highest BCUT2D eigenvalue weighted by Gasteiger charge is 2.41. The molecule has 4 aliphatic heterocycles. The molecule has 0 aliphatic carbocycles. The van der Waals surface area contributed by atoms with E-state index in [1.165, 1.54) is 33.7 Å². The van der Waals surface area contributed by atoms with Gasteiger partial charge in [0.2, 0.25) is 17.7 Å². The molecule has 1 N–H and O–H groups in total. The van der Waals surface area contributed by atoms with Crippen LogP contribution in [0.25, 0.3) is 28.0 Å². The number of unbranched alkanes of at least 4 members (excludes halogenated alkanes) is 4. The highest BCUT2D eigenvalue weighted by molar-refractivity contribution is 6.05. The van der Waals surface area contributed by atoms with Crippen LogP contribution in [0.5, 0.6) is 5.75 Å². The standard InChI is InChI=1S/C55H63F3N8O6/c1-5-48(68)63-25-26-64(34(4)31-63)51-40-30-43(58)50(60-52(40)66(55(71)61-51)44-16-10-9-14-37(44)33(2)3)49-42(57)15-13-17-46(49)72-27-12-8-6-7-11-22-62-23-20-35(21-24-62)38-28-36(56)29-39-41(38)32-65(54(39)70)45-18-19-47(67)59-53(45)69/h9-10,13-17,28-30,33-35,45H,5-8,11-12,18-27,31-32H2,1-4H3,(H,59,67,69)/t34-,45?/m0/s1. The van der Waals surface area contributed by atoms with Gasteiger partial charge in [0.1, 0.15) is 34.9 Å². The van der Waals surface area contributed by atoms with Gasteiger partial charge in [-0.1, -0.05) is 64.3 Å². The Labute approximate surface area is 417 Å². The van der Waals surface area contributed by atoms with Crippen molar-refractivity contribution in [1.82, 2.24) is 34.6 Å². The maximum atomic E-state index is 16.7. The number of hydrogen-bond acceptors (Lipinski definition) is 10. The van der Waals surface area contributed by atoms with Gasteiger partial charge in [-0.2, -0.15) is 4.98 Å². The number of aromatic nitrogens is 3. The molecule has 5 aromatic rings. The number of amides is 4. The maximum Gasteiger partial charge on any atom is 0.355 e. The number of para-hydroxylation sites is 1. The molecule has 2 atom stereocenters. The van der Waals surface area contributed by atoms with Crippen LogP contribution in [0, 0.1) is 17.5 Å². The molecule has 380 valence electrons.